The molecule has 2 rings (SSSR count). The van der Waals surface area contributed by atoms with E-state index in [0.29, 0.717) is 11.1 Å². The fourth-order valence-electron chi connectivity index (χ4n) is 1.93. The van der Waals surface area contributed by atoms with Crippen molar-refractivity contribution in [3.8, 4) is 0 Å². The van der Waals surface area contributed by atoms with Crippen molar-refractivity contribution in [1.82, 2.24) is 5.32 Å². The van der Waals surface area contributed by atoms with Gasteiger partial charge in [-0.2, -0.15) is 0 Å². The monoisotopic (exact) mass is 368 g/mol. The van der Waals surface area contributed by atoms with Gasteiger partial charge in [-0.15, -0.1) is 0 Å². The van der Waals surface area contributed by atoms with E-state index in [0.717, 1.165) is 6.26 Å². The highest BCUT2D eigenvalue weighted by atomic mass is 32.2. The summed E-state index contributed by atoms with van der Waals surface area (Å²) in [7, 11) is -7.05. The summed E-state index contributed by atoms with van der Waals surface area (Å²) in [4.78, 5) is 12.2. The number of nitrogens with one attached hydrogen (secondary N) is 1. The van der Waals surface area contributed by atoms with Crippen molar-refractivity contribution in [2.45, 2.75) is 16.3 Å². The molecule has 0 aliphatic rings. The van der Waals surface area contributed by atoms with Gasteiger partial charge in [-0.1, -0.05) is 12.1 Å². The summed E-state index contributed by atoms with van der Waals surface area (Å²) >= 11 is 0. The van der Waals surface area contributed by atoms with E-state index >= 15 is 0 Å². The smallest absolute Gasteiger partial charge is 0.251 e. The average molecular weight is 368 g/mol. The van der Waals surface area contributed by atoms with Gasteiger partial charge in [-0.3, -0.25) is 4.79 Å². The zero-order valence-electron chi connectivity index (χ0n) is 12.8. The van der Waals surface area contributed by atoms with Crippen LogP contribution in [0, 0.1) is 0 Å². The van der Waals surface area contributed by atoms with Crippen molar-refractivity contribution >= 4 is 25.8 Å². The Morgan fingerprint density at radius 3 is 1.88 bits per heavy atom. The van der Waals surface area contributed by atoms with Crippen molar-refractivity contribution in [3.63, 3.8) is 0 Å². The lowest BCUT2D eigenvalue weighted by molar-refractivity contribution is 0.0951. The Hall–Kier alpha value is -2.23. The molecule has 0 fully saturated rings. The lowest BCUT2D eigenvalue weighted by Crippen LogP contribution is -2.22. The Balaban J connectivity index is 2.03. The molecule has 0 radical (unpaired) electrons. The van der Waals surface area contributed by atoms with Crippen molar-refractivity contribution in [2.75, 3.05) is 6.26 Å². The van der Waals surface area contributed by atoms with Crippen molar-refractivity contribution in [3.05, 3.63) is 59.7 Å². The molecule has 0 atom stereocenters. The van der Waals surface area contributed by atoms with Gasteiger partial charge >= 0.3 is 0 Å². The number of carbonyl (C=O) groups is 1. The van der Waals surface area contributed by atoms with E-state index in [2.05, 4.69) is 5.32 Å². The number of sulfonamides is 1. The quantitative estimate of drug-likeness (QED) is 0.803. The minimum absolute atomic E-state index is 0.00561. The molecule has 0 aromatic heterocycles. The topological polar surface area (TPSA) is 123 Å². The number of nitrogens with two attached hydrogens (primary N) is 1. The van der Waals surface area contributed by atoms with Crippen LogP contribution in [0.4, 0.5) is 0 Å². The molecule has 0 aliphatic heterocycles. The maximum Gasteiger partial charge on any atom is 0.251 e. The molecule has 0 saturated heterocycles. The molecular weight excluding hydrogens is 352 g/mol. The van der Waals surface area contributed by atoms with E-state index in [9.17, 15) is 21.6 Å². The SMILES string of the molecule is CS(=O)(=O)c1ccc(C(=O)NCc2ccc(S(N)(=O)=O)cc2)cc1. The van der Waals surface area contributed by atoms with E-state index in [1.54, 1.807) is 12.1 Å². The van der Waals surface area contributed by atoms with Gasteiger partial charge in [0.1, 0.15) is 0 Å². The predicted molar refractivity (Wildman–Crippen MR) is 88.5 cm³/mol. The number of benzene rings is 2. The first kappa shape index (κ1) is 18.1. The van der Waals surface area contributed by atoms with Crippen LogP contribution in [0.2, 0.25) is 0 Å². The van der Waals surface area contributed by atoms with E-state index < -0.39 is 19.9 Å². The number of amides is 1. The predicted octanol–water partition coefficient (Wildman–Crippen LogP) is 0.668. The van der Waals surface area contributed by atoms with Crippen LogP contribution in [0.5, 0.6) is 0 Å². The molecule has 1 amide bonds. The Morgan fingerprint density at radius 1 is 0.917 bits per heavy atom. The third kappa shape index (κ3) is 4.63. The number of sulfone groups is 1. The lowest BCUT2D eigenvalue weighted by atomic mass is 10.2. The number of carbonyl (C=O) groups excluding carboxylic acids is 1. The maximum atomic E-state index is 12.0. The zero-order valence-corrected chi connectivity index (χ0v) is 14.4. The van der Waals surface area contributed by atoms with Crippen LogP contribution < -0.4 is 10.5 Å². The van der Waals surface area contributed by atoms with Gasteiger partial charge in [0.05, 0.1) is 9.79 Å². The first-order chi connectivity index (χ1) is 11.1. The molecule has 0 saturated carbocycles. The van der Waals surface area contributed by atoms with Gasteiger partial charge < -0.3 is 5.32 Å². The van der Waals surface area contributed by atoms with Crippen LogP contribution >= 0.6 is 0 Å². The first-order valence-corrected chi connectivity index (χ1v) is 10.2. The molecule has 0 heterocycles. The molecular formula is C15H16N2O5S2. The molecule has 0 spiro atoms. The van der Waals surface area contributed by atoms with Crippen LogP contribution in [0.25, 0.3) is 0 Å². The number of rotatable bonds is 5. The molecule has 24 heavy (non-hydrogen) atoms. The summed E-state index contributed by atoms with van der Waals surface area (Å²) in [5, 5.41) is 7.67. The van der Waals surface area contributed by atoms with Gasteiger partial charge in [0.2, 0.25) is 10.0 Å². The third-order valence-electron chi connectivity index (χ3n) is 3.25. The molecule has 0 bridgehead atoms. The molecule has 0 aliphatic carbocycles. The lowest BCUT2D eigenvalue weighted by Gasteiger charge is -2.07. The van der Waals surface area contributed by atoms with E-state index in [1.807, 2.05) is 0 Å². The van der Waals surface area contributed by atoms with E-state index in [4.69, 9.17) is 5.14 Å². The van der Waals surface area contributed by atoms with Crippen LogP contribution in [0.15, 0.2) is 58.3 Å². The Morgan fingerprint density at radius 2 is 1.42 bits per heavy atom. The maximum absolute atomic E-state index is 12.0. The second-order valence-corrected chi connectivity index (χ2v) is 8.75. The Bertz CT molecular complexity index is 948. The highest BCUT2D eigenvalue weighted by Gasteiger charge is 2.10. The highest BCUT2D eigenvalue weighted by molar-refractivity contribution is 7.90. The van der Waals surface area contributed by atoms with Crippen LogP contribution in [0.1, 0.15) is 15.9 Å². The number of hydrogen-bond donors (Lipinski definition) is 2. The van der Waals surface area contributed by atoms with Gasteiger partial charge in [0.15, 0.2) is 9.84 Å². The standard InChI is InChI=1S/C15H16N2O5S2/c1-23(19,20)13-8-4-12(5-9-13)15(18)17-10-11-2-6-14(7-3-11)24(16,21)22/h2-9H,10H2,1H3,(H,17,18)(H2,16,21,22). The van der Waals surface area contributed by atoms with Gasteiger partial charge in [0, 0.05) is 18.4 Å². The molecule has 128 valence electrons. The van der Waals surface area contributed by atoms with Gasteiger partial charge in [0.25, 0.3) is 5.91 Å². The normalized spacial score (nSPS) is 11.9. The van der Waals surface area contributed by atoms with Gasteiger partial charge in [-0.25, -0.2) is 22.0 Å². The zero-order chi connectivity index (χ0) is 18.0. The molecule has 2 aromatic rings. The summed E-state index contributed by atoms with van der Waals surface area (Å²) in [6.45, 7) is 0.192. The molecule has 2 aromatic carbocycles. The fraction of sp³-hybridized carbons (Fsp3) is 0.133. The van der Waals surface area contributed by atoms with E-state index in [1.165, 1.54) is 36.4 Å². The second kappa shape index (κ2) is 6.71. The van der Waals surface area contributed by atoms with Crippen molar-refractivity contribution in [1.29, 1.82) is 0 Å². The molecule has 9 heteroatoms. The van der Waals surface area contributed by atoms with Crippen LogP contribution in [0.3, 0.4) is 0 Å². The van der Waals surface area contributed by atoms with Crippen molar-refractivity contribution < 1.29 is 21.6 Å². The third-order valence-corrected chi connectivity index (χ3v) is 5.31. The second-order valence-electron chi connectivity index (χ2n) is 5.17. The van der Waals surface area contributed by atoms with Crippen LogP contribution in [-0.4, -0.2) is 29.0 Å². The summed E-state index contributed by atoms with van der Waals surface area (Å²) in [6, 6.07) is 11.4. The first-order valence-electron chi connectivity index (χ1n) is 6.77. The summed E-state index contributed by atoms with van der Waals surface area (Å²) in [6.07, 6.45) is 1.09. The van der Waals surface area contributed by atoms with E-state index in [-0.39, 0.29) is 22.2 Å². The van der Waals surface area contributed by atoms with Gasteiger partial charge in [-0.05, 0) is 42.0 Å². The molecule has 3 N–H and O–H groups in total. The highest BCUT2D eigenvalue weighted by Crippen LogP contribution is 2.11. The Labute approximate surface area is 140 Å². The van der Waals surface area contributed by atoms with Crippen LogP contribution in [-0.2, 0) is 26.4 Å². The summed E-state index contributed by atoms with van der Waals surface area (Å²) < 4.78 is 45.1. The molecule has 7 nitrogen and oxygen atoms in total. The fourth-order valence-corrected chi connectivity index (χ4v) is 3.08. The average Bonchev–Trinajstić information content (AvgIpc) is 2.51. The summed E-state index contributed by atoms with van der Waals surface area (Å²) in [5.41, 5.74) is 1.02. The largest absolute Gasteiger partial charge is 0.348 e. The molecule has 0 unspecified atom stereocenters. The summed E-state index contributed by atoms with van der Waals surface area (Å²) in [5.74, 6) is -0.370. The minimum Gasteiger partial charge on any atom is -0.348 e. The Kier molecular flexibility index (Phi) is 5.07. The minimum atomic E-state index is -3.75. The van der Waals surface area contributed by atoms with Crippen molar-refractivity contribution in [2.24, 2.45) is 5.14 Å². The number of primary sulfonamides is 1. The number of hydrogen-bond acceptors (Lipinski definition) is 5.